The first-order chi connectivity index (χ1) is 11.5. The van der Waals surface area contributed by atoms with Crippen LogP contribution in [0.25, 0.3) is 0 Å². The van der Waals surface area contributed by atoms with Crippen LogP contribution in [-0.2, 0) is 19.0 Å². The quantitative estimate of drug-likeness (QED) is 0.408. The molecule has 0 heterocycles. The molecule has 0 radical (unpaired) electrons. The van der Waals surface area contributed by atoms with Crippen molar-refractivity contribution in [3.05, 3.63) is 0 Å². The topological polar surface area (TPSA) is 56.8 Å². The molecule has 0 aromatic rings. The van der Waals surface area contributed by atoms with E-state index in [0.717, 1.165) is 64.9 Å². The molecule has 0 aromatic heterocycles. The van der Waals surface area contributed by atoms with Crippen LogP contribution < -0.4 is 5.32 Å². The van der Waals surface area contributed by atoms with E-state index in [1.54, 1.807) is 0 Å². The van der Waals surface area contributed by atoms with Gasteiger partial charge in [-0.3, -0.25) is 4.79 Å². The number of nitrogens with one attached hydrogen (secondary N) is 1. The van der Waals surface area contributed by atoms with E-state index < -0.39 is 0 Å². The summed E-state index contributed by atoms with van der Waals surface area (Å²) in [5, 5.41) is 2.86. The van der Waals surface area contributed by atoms with E-state index >= 15 is 0 Å². The second-order valence-electron chi connectivity index (χ2n) is 6.74. The second kappa shape index (κ2) is 15.9. The van der Waals surface area contributed by atoms with Gasteiger partial charge < -0.3 is 19.5 Å². The van der Waals surface area contributed by atoms with Gasteiger partial charge in [-0.25, -0.2) is 0 Å². The monoisotopic (exact) mass is 345 g/mol. The van der Waals surface area contributed by atoms with Crippen molar-refractivity contribution in [2.45, 2.75) is 78.2 Å². The number of ether oxygens (including phenoxy) is 3. The summed E-state index contributed by atoms with van der Waals surface area (Å²) in [4.78, 5) is 11.4. The molecule has 1 N–H and O–H groups in total. The molecule has 0 bridgehead atoms. The maximum absolute atomic E-state index is 11.4. The highest BCUT2D eigenvalue weighted by molar-refractivity contribution is 5.75. The maximum Gasteiger partial charge on any atom is 0.220 e. The molecule has 0 spiro atoms. The molecule has 0 aliphatic heterocycles. The molecule has 24 heavy (non-hydrogen) atoms. The van der Waals surface area contributed by atoms with Crippen molar-refractivity contribution in [1.29, 1.82) is 0 Å². The lowest BCUT2D eigenvalue weighted by Gasteiger charge is -2.25. The molecule has 0 saturated carbocycles. The normalized spacial score (nSPS) is 11.7. The zero-order valence-electron chi connectivity index (χ0n) is 16.3. The predicted molar refractivity (Wildman–Crippen MR) is 98.3 cm³/mol. The minimum atomic E-state index is -0.0497. The fraction of sp³-hybridized carbons (Fsp3) is 0.947. The number of amides is 1. The van der Waals surface area contributed by atoms with Crippen molar-refractivity contribution in [2.24, 2.45) is 0 Å². The van der Waals surface area contributed by atoms with Gasteiger partial charge >= 0.3 is 0 Å². The van der Waals surface area contributed by atoms with Gasteiger partial charge in [0.1, 0.15) is 0 Å². The standard InChI is InChI=1S/C19H39NO4/c1-5-12-20-18(21)10-7-14-22-16-9-17-23-15-8-11-19(3,4)24-13-6-2/h5-17H2,1-4H3,(H,20,21). The number of rotatable bonds is 17. The van der Waals surface area contributed by atoms with E-state index in [9.17, 15) is 4.79 Å². The van der Waals surface area contributed by atoms with Gasteiger partial charge in [-0.2, -0.15) is 0 Å². The maximum atomic E-state index is 11.4. The lowest BCUT2D eigenvalue weighted by Crippen LogP contribution is -2.25. The molecule has 0 fully saturated rings. The molecule has 144 valence electrons. The third-order valence-electron chi connectivity index (χ3n) is 3.61. The van der Waals surface area contributed by atoms with E-state index in [0.29, 0.717) is 19.6 Å². The summed E-state index contributed by atoms with van der Waals surface area (Å²) in [5.74, 6) is 0.120. The van der Waals surface area contributed by atoms with E-state index in [4.69, 9.17) is 14.2 Å². The summed E-state index contributed by atoms with van der Waals surface area (Å²) in [5.41, 5.74) is -0.0497. The van der Waals surface area contributed by atoms with E-state index in [2.05, 4.69) is 26.1 Å². The first-order valence-electron chi connectivity index (χ1n) is 9.58. The van der Waals surface area contributed by atoms with Gasteiger partial charge in [0.15, 0.2) is 0 Å². The van der Waals surface area contributed by atoms with Crippen LogP contribution in [0.5, 0.6) is 0 Å². The lowest BCUT2D eigenvalue weighted by atomic mass is 10.0. The van der Waals surface area contributed by atoms with E-state index in [-0.39, 0.29) is 11.5 Å². The van der Waals surface area contributed by atoms with Gasteiger partial charge in [-0.15, -0.1) is 0 Å². The molecule has 0 aliphatic carbocycles. The first kappa shape index (κ1) is 23.4. The van der Waals surface area contributed by atoms with Crippen LogP contribution >= 0.6 is 0 Å². The highest BCUT2D eigenvalue weighted by Gasteiger charge is 2.16. The Balaban J connectivity index is 3.27. The van der Waals surface area contributed by atoms with Crippen LogP contribution in [0.4, 0.5) is 0 Å². The fourth-order valence-corrected chi connectivity index (χ4v) is 2.21. The van der Waals surface area contributed by atoms with Crippen LogP contribution in [0.3, 0.4) is 0 Å². The number of hydrogen-bond acceptors (Lipinski definition) is 4. The Hall–Kier alpha value is -0.650. The Kier molecular flexibility index (Phi) is 15.4. The van der Waals surface area contributed by atoms with Crippen LogP contribution in [0.1, 0.15) is 72.6 Å². The van der Waals surface area contributed by atoms with E-state index in [1.807, 2.05) is 6.92 Å². The molecular formula is C19H39NO4. The molecule has 0 saturated heterocycles. The van der Waals surface area contributed by atoms with Crippen LogP contribution in [0.2, 0.25) is 0 Å². The van der Waals surface area contributed by atoms with Crippen LogP contribution in [0, 0.1) is 0 Å². The fourth-order valence-electron chi connectivity index (χ4n) is 2.21. The van der Waals surface area contributed by atoms with Crippen molar-refractivity contribution in [1.82, 2.24) is 5.32 Å². The zero-order chi connectivity index (χ0) is 18.1. The van der Waals surface area contributed by atoms with Crippen molar-refractivity contribution in [3.8, 4) is 0 Å². The zero-order valence-corrected chi connectivity index (χ0v) is 16.3. The van der Waals surface area contributed by atoms with Crippen LogP contribution in [-0.4, -0.2) is 51.1 Å². The molecule has 0 aromatic carbocycles. The highest BCUT2D eigenvalue weighted by atomic mass is 16.5. The molecule has 0 aliphatic rings. The summed E-state index contributed by atoms with van der Waals surface area (Å²) in [7, 11) is 0. The van der Waals surface area contributed by atoms with Crippen molar-refractivity contribution in [2.75, 3.05) is 39.6 Å². The summed E-state index contributed by atoms with van der Waals surface area (Å²) in [6, 6.07) is 0. The highest BCUT2D eigenvalue weighted by Crippen LogP contribution is 2.16. The minimum absolute atomic E-state index is 0.0497. The number of hydrogen-bond donors (Lipinski definition) is 1. The van der Waals surface area contributed by atoms with Gasteiger partial charge in [0.2, 0.25) is 5.91 Å². The SMILES string of the molecule is CCCNC(=O)CCCOCCCOCCCC(C)(C)OCCC. The summed E-state index contributed by atoms with van der Waals surface area (Å²) in [6.45, 7) is 12.9. The Morgan fingerprint density at radius 1 is 0.875 bits per heavy atom. The molecule has 5 nitrogen and oxygen atoms in total. The Labute approximate surface area is 148 Å². The van der Waals surface area contributed by atoms with Gasteiger partial charge in [-0.05, 0) is 52.4 Å². The molecule has 0 atom stereocenters. The lowest BCUT2D eigenvalue weighted by molar-refractivity contribution is -0.121. The Morgan fingerprint density at radius 3 is 2.12 bits per heavy atom. The van der Waals surface area contributed by atoms with Crippen LogP contribution in [0.15, 0.2) is 0 Å². The molecule has 0 rings (SSSR count). The molecule has 5 heteroatoms. The van der Waals surface area contributed by atoms with Crippen molar-refractivity contribution in [3.63, 3.8) is 0 Å². The smallest absolute Gasteiger partial charge is 0.220 e. The van der Waals surface area contributed by atoms with Crippen molar-refractivity contribution < 1.29 is 19.0 Å². The van der Waals surface area contributed by atoms with E-state index in [1.165, 1.54) is 0 Å². The average molecular weight is 346 g/mol. The summed E-state index contributed by atoms with van der Waals surface area (Å²) >= 11 is 0. The predicted octanol–water partition coefficient (Wildman–Crippen LogP) is 3.70. The first-order valence-corrected chi connectivity index (χ1v) is 9.58. The Bertz CT molecular complexity index is 295. The van der Waals surface area contributed by atoms with Gasteiger partial charge in [0, 0.05) is 46.0 Å². The average Bonchev–Trinajstić information content (AvgIpc) is 2.56. The summed E-state index contributed by atoms with van der Waals surface area (Å²) < 4.78 is 16.9. The van der Waals surface area contributed by atoms with Crippen molar-refractivity contribution >= 4 is 5.91 Å². The third kappa shape index (κ3) is 16.2. The molecule has 1 amide bonds. The number of carbonyl (C=O) groups is 1. The number of carbonyl (C=O) groups excluding carboxylic acids is 1. The van der Waals surface area contributed by atoms with Gasteiger partial charge in [0.05, 0.1) is 5.60 Å². The summed E-state index contributed by atoms with van der Waals surface area (Å²) in [6.07, 6.45) is 6.30. The minimum Gasteiger partial charge on any atom is -0.381 e. The van der Waals surface area contributed by atoms with Gasteiger partial charge in [0.25, 0.3) is 0 Å². The third-order valence-corrected chi connectivity index (χ3v) is 3.61. The molecule has 0 unspecified atom stereocenters. The molecular weight excluding hydrogens is 306 g/mol. The second-order valence-corrected chi connectivity index (χ2v) is 6.74. The largest absolute Gasteiger partial charge is 0.381 e. The van der Waals surface area contributed by atoms with Gasteiger partial charge in [-0.1, -0.05) is 13.8 Å². The Morgan fingerprint density at radius 2 is 1.50 bits per heavy atom.